The van der Waals surface area contributed by atoms with E-state index in [9.17, 15) is 18.0 Å². The van der Waals surface area contributed by atoms with E-state index >= 15 is 0 Å². The van der Waals surface area contributed by atoms with Gasteiger partial charge in [0, 0.05) is 37.9 Å². The number of hydrogen-bond donors (Lipinski definition) is 0. The molecule has 3 rings (SSSR count). The lowest BCUT2D eigenvalue weighted by molar-refractivity contribution is -0.137. The van der Waals surface area contributed by atoms with Crippen molar-refractivity contribution in [1.82, 2.24) is 9.88 Å². The Labute approximate surface area is 166 Å². The zero-order valence-electron chi connectivity index (χ0n) is 16.2. The third-order valence-electron chi connectivity index (χ3n) is 4.68. The van der Waals surface area contributed by atoms with Crippen molar-refractivity contribution >= 4 is 11.7 Å². The third kappa shape index (κ3) is 4.72. The average molecular weight is 409 g/mol. The number of methoxy groups -OCH3 is 1. The van der Waals surface area contributed by atoms with E-state index in [0.717, 1.165) is 12.3 Å². The van der Waals surface area contributed by atoms with Gasteiger partial charge < -0.3 is 19.3 Å². The van der Waals surface area contributed by atoms with Crippen molar-refractivity contribution < 1.29 is 27.4 Å². The number of aromatic nitrogens is 1. The van der Waals surface area contributed by atoms with E-state index in [2.05, 4.69) is 4.98 Å². The van der Waals surface area contributed by atoms with Gasteiger partial charge >= 0.3 is 6.18 Å². The van der Waals surface area contributed by atoms with Crippen LogP contribution in [-0.4, -0.2) is 55.7 Å². The fourth-order valence-corrected chi connectivity index (χ4v) is 3.14. The molecule has 1 saturated heterocycles. The van der Waals surface area contributed by atoms with E-state index in [0.29, 0.717) is 55.7 Å². The number of piperazine rings is 1. The van der Waals surface area contributed by atoms with E-state index in [-0.39, 0.29) is 5.91 Å². The van der Waals surface area contributed by atoms with Crippen molar-refractivity contribution in [2.75, 3.05) is 44.8 Å². The van der Waals surface area contributed by atoms with Crippen LogP contribution in [0.1, 0.15) is 22.8 Å². The lowest BCUT2D eigenvalue weighted by Gasteiger charge is -2.35. The summed E-state index contributed by atoms with van der Waals surface area (Å²) in [6.45, 7) is 4.15. The highest BCUT2D eigenvalue weighted by atomic mass is 19.4. The molecule has 0 N–H and O–H groups in total. The number of benzene rings is 1. The van der Waals surface area contributed by atoms with E-state index in [4.69, 9.17) is 9.47 Å². The molecule has 2 heterocycles. The Morgan fingerprint density at radius 3 is 2.38 bits per heavy atom. The van der Waals surface area contributed by atoms with Crippen molar-refractivity contribution in [3.63, 3.8) is 0 Å². The lowest BCUT2D eigenvalue weighted by atomic mass is 10.1. The van der Waals surface area contributed by atoms with Crippen molar-refractivity contribution in [2.45, 2.75) is 13.1 Å². The second kappa shape index (κ2) is 8.59. The number of carbonyl (C=O) groups is 1. The molecule has 0 atom stereocenters. The summed E-state index contributed by atoms with van der Waals surface area (Å²) in [7, 11) is 1.54. The van der Waals surface area contributed by atoms with Crippen molar-refractivity contribution in [3.8, 4) is 11.5 Å². The SMILES string of the molecule is CCOc1cc(C(=O)N2CCN(c3ccc(C(F)(F)F)cn3)CC2)ccc1OC. The summed E-state index contributed by atoms with van der Waals surface area (Å²) >= 11 is 0. The minimum Gasteiger partial charge on any atom is -0.493 e. The van der Waals surface area contributed by atoms with Gasteiger partial charge in [-0.05, 0) is 37.3 Å². The van der Waals surface area contributed by atoms with Crippen LogP contribution in [0.4, 0.5) is 19.0 Å². The summed E-state index contributed by atoms with van der Waals surface area (Å²) in [5.41, 5.74) is -0.282. The molecule has 1 aliphatic heterocycles. The first-order valence-electron chi connectivity index (χ1n) is 9.21. The molecule has 1 aliphatic rings. The van der Waals surface area contributed by atoms with Crippen molar-refractivity contribution in [1.29, 1.82) is 0 Å². The molecule has 2 aromatic rings. The number of rotatable bonds is 5. The van der Waals surface area contributed by atoms with Gasteiger partial charge in [-0.2, -0.15) is 13.2 Å². The molecule has 0 bridgehead atoms. The summed E-state index contributed by atoms with van der Waals surface area (Å²) < 4.78 is 48.8. The molecule has 0 saturated carbocycles. The van der Waals surface area contributed by atoms with Gasteiger partial charge in [0.15, 0.2) is 11.5 Å². The quantitative estimate of drug-likeness (QED) is 0.757. The Hall–Kier alpha value is -2.97. The Kier molecular flexibility index (Phi) is 6.14. The second-order valence-electron chi connectivity index (χ2n) is 6.48. The molecule has 1 aromatic heterocycles. The molecule has 6 nitrogen and oxygen atoms in total. The topological polar surface area (TPSA) is 54.9 Å². The Morgan fingerprint density at radius 2 is 1.83 bits per heavy atom. The van der Waals surface area contributed by atoms with Crippen LogP contribution in [0.15, 0.2) is 36.5 Å². The molecule has 29 heavy (non-hydrogen) atoms. The third-order valence-corrected chi connectivity index (χ3v) is 4.68. The lowest BCUT2D eigenvalue weighted by Crippen LogP contribution is -2.49. The smallest absolute Gasteiger partial charge is 0.417 e. The van der Waals surface area contributed by atoms with Gasteiger partial charge in [0.1, 0.15) is 5.82 Å². The Morgan fingerprint density at radius 1 is 1.10 bits per heavy atom. The van der Waals surface area contributed by atoms with Crippen LogP contribution in [0.5, 0.6) is 11.5 Å². The zero-order chi connectivity index (χ0) is 21.0. The summed E-state index contributed by atoms with van der Waals surface area (Å²) in [5, 5.41) is 0. The highest BCUT2D eigenvalue weighted by molar-refractivity contribution is 5.95. The zero-order valence-corrected chi connectivity index (χ0v) is 16.2. The average Bonchev–Trinajstić information content (AvgIpc) is 2.73. The van der Waals surface area contributed by atoms with Gasteiger partial charge in [-0.25, -0.2) is 4.98 Å². The normalized spacial score (nSPS) is 14.7. The van der Waals surface area contributed by atoms with Gasteiger partial charge in [0.05, 0.1) is 19.3 Å². The number of halogens is 3. The fourth-order valence-electron chi connectivity index (χ4n) is 3.14. The minimum atomic E-state index is -4.41. The number of hydrogen-bond acceptors (Lipinski definition) is 5. The summed E-state index contributed by atoms with van der Waals surface area (Å²) in [6, 6.07) is 7.42. The van der Waals surface area contributed by atoms with E-state index < -0.39 is 11.7 Å². The first-order chi connectivity index (χ1) is 13.8. The molecule has 156 valence electrons. The molecule has 1 fully saturated rings. The molecule has 0 unspecified atom stereocenters. The first kappa shape index (κ1) is 20.8. The van der Waals surface area contributed by atoms with Gasteiger partial charge in [-0.1, -0.05) is 0 Å². The first-order valence-corrected chi connectivity index (χ1v) is 9.21. The van der Waals surface area contributed by atoms with Gasteiger partial charge in [0.2, 0.25) is 0 Å². The number of alkyl halides is 3. The van der Waals surface area contributed by atoms with Crippen LogP contribution in [-0.2, 0) is 6.18 Å². The van der Waals surface area contributed by atoms with Gasteiger partial charge in [-0.15, -0.1) is 0 Å². The second-order valence-corrected chi connectivity index (χ2v) is 6.48. The Bertz CT molecular complexity index is 848. The van der Waals surface area contributed by atoms with E-state index in [1.54, 1.807) is 23.1 Å². The summed E-state index contributed by atoms with van der Waals surface area (Å²) in [4.78, 5) is 20.3. The molecule has 9 heteroatoms. The number of anilines is 1. The van der Waals surface area contributed by atoms with Crippen LogP contribution >= 0.6 is 0 Å². The standard InChI is InChI=1S/C20H22F3N3O3/c1-3-29-17-12-14(4-6-16(17)28-2)19(27)26-10-8-25(9-11-26)18-7-5-15(13-24-18)20(21,22)23/h4-7,12-13H,3,8-11H2,1-2H3. The fraction of sp³-hybridized carbons (Fsp3) is 0.400. The van der Waals surface area contributed by atoms with Crippen molar-refractivity contribution in [2.24, 2.45) is 0 Å². The van der Waals surface area contributed by atoms with Crippen LogP contribution in [0, 0.1) is 0 Å². The number of pyridine rings is 1. The molecule has 1 amide bonds. The molecule has 0 radical (unpaired) electrons. The molecule has 1 aromatic carbocycles. The van der Waals surface area contributed by atoms with Gasteiger partial charge in [0.25, 0.3) is 5.91 Å². The van der Waals surface area contributed by atoms with E-state index in [1.165, 1.54) is 13.2 Å². The minimum absolute atomic E-state index is 0.131. The predicted octanol–water partition coefficient (Wildman–Crippen LogP) is 3.47. The number of nitrogens with zero attached hydrogens (tertiary/aromatic N) is 3. The maximum atomic E-state index is 12.8. The maximum Gasteiger partial charge on any atom is 0.417 e. The van der Waals surface area contributed by atoms with Crippen LogP contribution in [0.2, 0.25) is 0 Å². The molecular weight excluding hydrogens is 387 g/mol. The number of amides is 1. The summed E-state index contributed by atoms with van der Waals surface area (Å²) in [5.74, 6) is 1.40. The Balaban J connectivity index is 1.64. The van der Waals surface area contributed by atoms with Gasteiger partial charge in [-0.3, -0.25) is 4.79 Å². The number of ether oxygens (including phenoxy) is 2. The van der Waals surface area contributed by atoms with Crippen LogP contribution < -0.4 is 14.4 Å². The molecular formula is C20H22F3N3O3. The van der Waals surface area contributed by atoms with Crippen LogP contribution in [0.25, 0.3) is 0 Å². The largest absolute Gasteiger partial charge is 0.493 e. The molecule has 0 spiro atoms. The van der Waals surface area contributed by atoms with Crippen LogP contribution in [0.3, 0.4) is 0 Å². The highest BCUT2D eigenvalue weighted by Gasteiger charge is 2.31. The highest BCUT2D eigenvalue weighted by Crippen LogP contribution is 2.30. The number of carbonyl (C=O) groups excluding carboxylic acids is 1. The van der Waals surface area contributed by atoms with E-state index in [1.807, 2.05) is 11.8 Å². The summed E-state index contributed by atoms with van der Waals surface area (Å²) in [6.07, 6.45) is -3.57. The predicted molar refractivity (Wildman–Crippen MR) is 102 cm³/mol. The van der Waals surface area contributed by atoms with Crippen molar-refractivity contribution in [3.05, 3.63) is 47.7 Å². The monoisotopic (exact) mass is 409 g/mol. The maximum absolute atomic E-state index is 12.8. The molecule has 0 aliphatic carbocycles.